The largest absolute Gasteiger partial charge is 0.416 e. The minimum absolute atomic E-state index is 0.564. The minimum Gasteiger partial charge on any atom is -0.166 e. The average Bonchev–Trinajstić information content (AvgIpc) is 2.65. The first-order valence-corrected chi connectivity index (χ1v) is 10.0. The Morgan fingerprint density at radius 1 is 0.846 bits per heavy atom. The maximum atomic E-state index is 12.9. The molecule has 2 aromatic carbocycles. The SMILES string of the molecule is CC[C@@H]1CC[C@@H]2CC(c3ccc4cc(C(F)(F)F)ccc4c3)CCC2C1. The van der Waals surface area contributed by atoms with Crippen molar-refractivity contribution in [1.82, 2.24) is 0 Å². The monoisotopic (exact) mass is 360 g/mol. The van der Waals surface area contributed by atoms with Gasteiger partial charge in [0.2, 0.25) is 0 Å². The van der Waals surface area contributed by atoms with E-state index in [2.05, 4.69) is 19.1 Å². The summed E-state index contributed by atoms with van der Waals surface area (Å²) in [6.45, 7) is 2.32. The van der Waals surface area contributed by atoms with E-state index in [1.54, 1.807) is 6.07 Å². The van der Waals surface area contributed by atoms with Crippen LogP contribution in [0, 0.1) is 17.8 Å². The van der Waals surface area contributed by atoms with E-state index < -0.39 is 11.7 Å². The molecule has 4 rings (SSSR count). The van der Waals surface area contributed by atoms with E-state index >= 15 is 0 Å². The zero-order chi connectivity index (χ0) is 18.3. The predicted molar refractivity (Wildman–Crippen MR) is 100 cm³/mol. The number of rotatable bonds is 2. The molecule has 3 heteroatoms. The molecule has 2 saturated carbocycles. The lowest BCUT2D eigenvalue weighted by molar-refractivity contribution is -0.137. The molecular weight excluding hydrogens is 333 g/mol. The molecule has 0 bridgehead atoms. The lowest BCUT2D eigenvalue weighted by atomic mass is 9.63. The lowest BCUT2D eigenvalue weighted by Crippen LogP contribution is -2.30. The molecule has 2 aliphatic rings. The summed E-state index contributed by atoms with van der Waals surface area (Å²) in [4.78, 5) is 0. The molecule has 0 heterocycles. The fourth-order valence-corrected chi connectivity index (χ4v) is 5.35. The Balaban J connectivity index is 1.52. The van der Waals surface area contributed by atoms with E-state index in [1.807, 2.05) is 6.07 Å². The summed E-state index contributed by atoms with van der Waals surface area (Å²) in [7, 11) is 0. The van der Waals surface area contributed by atoms with Crippen LogP contribution in [-0.4, -0.2) is 0 Å². The van der Waals surface area contributed by atoms with Crippen molar-refractivity contribution in [3.63, 3.8) is 0 Å². The quantitative estimate of drug-likeness (QED) is 0.518. The average molecular weight is 360 g/mol. The van der Waals surface area contributed by atoms with Crippen LogP contribution in [0.3, 0.4) is 0 Å². The highest BCUT2D eigenvalue weighted by Gasteiger charge is 2.35. The van der Waals surface area contributed by atoms with Crippen molar-refractivity contribution < 1.29 is 13.2 Å². The van der Waals surface area contributed by atoms with Crippen LogP contribution in [0.1, 0.15) is 68.9 Å². The van der Waals surface area contributed by atoms with E-state index in [4.69, 9.17) is 0 Å². The van der Waals surface area contributed by atoms with Crippen molar-refractivity contribution in [3.05, 3.63) is 47.5 Å². The third-order valence-corrected chi connectivity index (χ3v) is 6.96. The van der Waals surface area contributed by atoms with E-state index in [0.717, 1.165) is 23.1 Å². The zero-order valence-corrected chi connectivity index (χ0v) is 15.4. The Bertz CT molecular complexity index is 777. The smallest absolute Gasteiger partial charge is 0.166 e. The van der Waals surface area contributed by atoms with E-state index in [1.165, 1.54) is 62.6 Å². The van der Waals surface area contributed by atoms with Crippen LogP contribution in [0.2, 0.25) is 0 Å². The second kappa shape index (κ2) is 6.90. The summed E-state index contributed by atoms with van der Waals surface area (Å²) >= 11 is 0. The highest BCUT2D eigenvalue weighted by atomic mass is 19.4. The fraction of sp³-hybridized carbons (Fsp3) is 0.565. The molecule has 26 heavy (non-hydrogen) atoms. The summed E-state index contributed by atoms with van der Waals surface area (Å²) in [5.41, 5.74) is 0.749. The molecule has 2 unspecified atom stereocenters. The molecule has 0 aliphatic heterocycles. The molecule has 2 aromatic rings. The first-order valence-electron chi connectivity index (χ1n) is 10.0. The van der Waals surface area contributed by atoms with Crippen molar-refractivity contribution in [2.75, 3.05) is 0 Å². The Kier molecular flexibility index (Phi) is 4.75. The Hall–Kier alpha value is -1.51. The van der Waals surface area contributed by atoms with Crippen LogP contribution >= 0.6 is 0 Å². The number of alkyl halides is 3. The molecular formula is C23H27F3. The van der Waals surface area contributed by atoms with Crippen LogP contribution in [-0.2, 0) is 6.18 Å². The molecule has 0 spiro atoms. The molecule has 0 saturated heterocycles. The second-order valence-electron chi connectivity index (χ2n) is 8.44. The van der Waals surface area contributed by atoms with Crippen molar-refractivity contribution in [2.45, 2.75) is 64.0 Å². The van der Waals surface area contributed by atoms with Gasteiger partial charge in [0.1, 0.15) is 0 Å². The zero-order valence-electron chi connectivity index (χ0n) is 15.4. The molecule has 2 fully saturated rings. The Labute approximate surface area is 153 Å². The lowest BCUT2D eigenvalue weighted by Gasteiger charge is -2.42. The van der Waals surface area contributed by atoms with Gasteiger partial charge in [0.15, 0.2) is 0 Å². The van der Waals surface area contributed by atoms with Gasteiger partial charge in [-0.1, -0.05) is 44.0 Å². The van der Waals surface area contributed by atoms with Crippen molar-refractivity contribution >= 4 is 10.8 Å². The summed E-state index contributed by atoms with van der Waals surface area (Å²) in [5.74, 6) is 3.25. The fourth-order valence-electron chi connectivity index (χ4n) is 5.35. The van der Waals surface area contributed by atoms with Gasteiger partial charge < -0.3 is 0 Å². The first kappa shape index (κ1) is 17.9. The van der Waals surface area contributed by atoms with Crippen LogP contribution in [0.5, 0.6) is 0 Å². The normalized spacial score (nSPS) is 29.5. The third kappa shape index (κ3) is 3.50. The molecule has 2 aliphatic carbocycles. The highest BCUT2D eigenvalue weighted by Crippen LogP contribution is 2.48. The van der Waals surface area contributed by atoms with Crippen LogP contribution in [0.15, 0.2) is 36.4 Å². The molecule has 0 aromatic heterocycles. The van der Waals surface area contributed by atoms with Gasteiger partial charge in [-0.3, -0.25) is 0 Å². The number of benzene rings is 2. The Morgan fingerprint density at radius 2 is 1.54 bits per heavy atom. The minimum atomic E-state index is -4.28. The third-order valence-electron chi connectivity index (χ3n) is 6.96. The van der Waals surface area contributed by atoms with E-state index in [9.17, 15) is 13.2 Å². The number of hydrogen-bond donors (Lipinski definition) is 0. The van der Waals surface area contributed by atoms with Gasteiger partial charge >= 0.3 is 6.18 Å². The first-order chi connectivity index (χ1) is 12.4. The van der Waals surface area contributed by atoms with Gasteiger partial charge in [-0.05, 0) is 84.2 Å². The summed E-state index contributed by atoms with van der Waals surface area (Å²) in [6.07, 6.45) is 4.99. The van der Waals surface area contributed by atoms with Crippen LogP contribution in [0.25, 0.3) is 10.8 Å². The second-order valence-corrected chi connectivity index (χ2v) is 8.44. The van der Waals surface area contributed by atoms with Gasteiger partial charge in [-0.15, -0.1) is 0 Å². The van der Waals surface area contributed by atoms with Gasteiger partial charge in [0.05, 0.1) is 5.56 Å². The van der Waals surface area contributed by atoms with Crippen molar-refractivity contribution in [3.8, 4) is 0 Å². The van der Waals surface area contributed by atoms with Crippen molar-refractivity contribution in [2.24, 2.45) is 17.8 Å². The molecule has 4 atom stereocenters. The molecule has 0 amide bonds. The summed E-state index contributed by atoms with van der Waals surface area (Å²) in [5, 5.41) is 1.60. The predicted octanol–water partition coefficient (Wildman–Crippen LogP) is 7.57. The standard InChI is InChI=1S/C23H27F3/c1-2-15-3-4-17-12-18(6-5-16(17)11-15)19-7-8-21-14-22(23(24,25)26)10-9-20(21)13-19/h7-10,13-18H,2-6,11-12H2,1H3/t15-,16?,17-,18?/m1/s1. The van der Waals surface area contributed by atoms with Crippen LogP contribution < -0.4 is 0 Å². The van der Waals surface area contributed by atoms with E-state index in [-0.39, 0.29) is 0 Å². The molecule has 140 valence electrons. The number of fused-ring (bicyclic) bond motifs is 2. The molecule has 0 radical (unpaired) electrons. The van der Waals surface area contributed by atoms with Crippen LogP contribution in [0.4, 0.5) is 13.2 Å². The highest BCUT2D eigenvalue weighted by molar-refractivity contribution is 5.84. The molecule has 0 N–H and O–H groups in total. The van der Waals surface area contributed by atoms with Gasteiger partial charge in [0.25, 0.3) is 0 Å². The maximum Gasteiger partial charge on any atom is 0.416 e. The summed E-state index contributed by atoms with van der Waals surface area (Å²) in [6, 6.07) is 10.2. The Morgan fingerprint density at radius 3 is 2.31 bits per heavy atom. The summed E-state index contributed by atoms with van der Waals surface area (Å²) < 4.78 is 38.7. The molecule has 0 nitrogen and oxygen atoms in total. The van der Waals surface area contributed by atoms with E-state index in [0.29, 0.717) is 11.3 Å². The van der Waals surface area contributed by atoms with Crippen molar-refractivity contribution in [1.29, 1.82) is 0 Å². The maximum absolute atomic E-state index is 12.9. The topological polar surface area (TPSA) is 0 Å². The van der Waals surface area contributed by atoms with Gasteiger partial charge in [0, 0.05) is 0 Å². The number of halogens is 3. The number of hydrogen-bond acceptors (Lipinski definition) is 0. The van der Waals surface area contributed by atoms with Gasteiger partial charge in [-0.25, -0.2) is 0 Å². The van der Waals surface area contributed by atoms with Gasteiger partial charge in [-0.2, -0.15) is 13.2 Å².